The van der Waals surface area contributed by atoms with Gasteiger partial charge in [-0.1, -0.05) is 0 Å². The predicted molar refractivity (Wildman–Crippen MR) is 63.2 cm³/mol. The summed E-state index contributed by atoms with van der Waals surface area (Å²) < 4.78 is 0. The fraction of sp³-hybridized carbons (Fsp3) is 0.417. The molecular weight excluding hydrogens is 220 g/mol. The summed E-state index contributed by atoms with van der Waals surface area (Å²) in [5.41, 5.74) is 0.0389. The van der Waals surface area contributed by atoms with Crippen LogP contribution in [-0.2, 0) is 0 Å². The van der Waals surface area contributed by atoms with Crippen molar-refractivity contribution < 1.29 is 14.7 Å². The maximum absolute atomic E-state index is 11.9. The van der Waals surface area contributed by atoms with Crippen LogP contribution in [-0.4, -0.2) is 27.5 Å². The van der Waals surface area contributed by atoms with Gasteiger partial charge in [-0.05, 0) is 39.8 Å². The summed E-state index contributed by atoms with van der Waals surface area (Å²) in [6.45, 7) is 7.17. The van der Waals surface area contributed by atoms with Gasteiger partial charge >= 0.3 is 5.97 Å². The molecular formula is C12H16N2O3. The third-order valence-corrected chi connectivity index (χ3v) is 1.97. The molecule has 0 saturated carbocycles. The summed E-state index contributed by atoms with van der Waals surface area (Å²) in [6, 6.07) is 2.96. The molecule has 0 aromatic carbocycles. The normalized spacial score (nSPS) is 11.1. The van der Waals surface area contributed by atoms with E-state index in [4.69, 9.17) is 5.11 Å². The molecule has 0 unspecified atom stereocenters. The van der Waals surface area contributed by atoms with Crippen molar-refractivity contribution in [3.63, 3.8) is 0 Å². The van der Waals surface area contributed by atoms with Crippen molar-refractivity contribution in [2.24, 2.45) is 0 Å². The van der Waals surface area contributed by atoms with Gasteiger partial charge in [-0.2, -0.15) is 0 Å². The van der Waals surface area contributed by atoms with E-state index in [0.717, 1.165) is 0 Å². The number of aromatic carboxylic acids is 1. The number of nitrogens with one attached hydrogen (secondary N) is 1. The zero-order valence-electron chi connectivity index (χ0n) is 10.4. The lowest BCUT2D eigenvalue weighted by Crippen LogP contribution is -2.41. The van der Waals surface area contributed by atoms with Crippen LogP contribution in [0, 0.1) is 6.92 Å². The first-order chi connectivity index (χ1) is 7.70. The molecule has 5 heteroatoms. The van der Waals surface area contributed by atoms with Gasteiger partial charge in [-0.25, -0.2) is 9.78 Å². The topological polar surface area (TPSA) is 79.3 Å². The molecule has 0 bridgehead atoms. The smallest absolute Gasteiger partial charge is 0.338 e. The molecule has 2 N–H and O–H groups in total. The van der Waals surface area contributed by atoms with E-state index in [1.165, 1.54) is 6.07 Å². The zero-order chi connectivity index (χ0) is 13.2. The lowest BCUT2D eigenvalue weighted by Gasteiger charge is -2.20. The Labute approximate surface area is 99.9 Å². The Bertz CT molecular complexity index is 461. The molecule has 5 nitrogen and oxygen atoms in total. The second-order valence-corrected chi connectivity index (χ2v) is 4.86. The summed E-state index contributed by atoms with van der Waals surface area (Å²) in [5.74, 6) is -1.63. The first-order valence-corrected chi connectivity index (χ1v) is 5.24. The molecule has 92 valence electrons. The van der Waals surface area contributed by atoms with Crippen LogP contribution in [0.25, 0.3) is 0 Å². The number of carboxylic acids is 1. The molecule has 0 atom stereocenters. The largest absolute Gasteiger partial charge is 0.478 e. The lowest BCUT2D eigenvalue weighted by molar-refractivity contribution is 0.0688. The van der Waals surface area contributed by atoms with Gasteiger partial charge in [0.05, 0.1) is 5.56 Å². The molecule has 1 aromatic rings. The molecule has 0 aliphatic heterocycles. The number of aryl methyl sites for hydroxylation is 1. The Morgan fingerprint density at radius 3 is 2.35 bits per heavy atom. The highest BCUT2D eigenvalue weighted by Gasteiger charge is 2.22. The molecule has 0 aliphatic carbocycles. The second kappa shape index (κ2) is 4.53. The number of hydrogen-bond acceptors (Lipinski definition) is 3. The molecule has 0 spiro atoms. The van der Waals surface area contributed by atoms with Crippen molar-refractivity contribution in [1.29, 1.82) is 0 Å². The molecule has 1 amide bonds. The Balaban J connectivity index is 3.16. The number of nitrogens with zero attached hydrogens (tertiary/aromatic N) is 1. The van der Waals surface area contributed by atoms with Gasteiger partial charge < -0.3 is 10.4 Å². The van der Waals surface area contributed by atoms with Gasteiger partial charge in [0.1, 0.15) is 5.69 Å². The zero-order valence-corrected chi connectivity index (χ0v) is 10.4. The number of carbonyl (C=O) groups excluding carboxylic acids is 1. The summed E-state index contributed by atoms with van der Waals surface area (Å²) in [5, 5.41) is 11.7. The highest BCUT2D eigenvalue weighted by atomic mass is 16.4. The van der Waals surface area contributed by atoms with Crippen molar-refractivity contribution >= 4 is 11.9 Å². The highest BCUT2D eigenvalue weighted by molar-refractivity contribution is 6.03. The van der Waals surface area contributed by atoms with Gasteiger partial charge in [-0.3, -0.25) is 4.79 Å². The Kier molecular flexibility index (Phi) is 3.50. The van der Waals surface area contributed by atoms with Gasteiger partial charge in [0, 0.05) is 11.2 Å². The number of aromatic nitrogens is 1. The van der Waals surface area contributed by atoms with Crippen LogP contribution < -0.4 is 5.32 Å². The number of pyridine rings is 1. The van der Waals surface area contributed by atoms with Crippen LogP contribution in [0.4, 0.5) is 0 Å². The average molecular weight is 236 g/mol. The van der Waals surface area contributed by atoms with E-state index in [-0.39, 0.29) is 11.3 Å². The van der Waals surface area contributed by atoms with Crippen molar-refractivity contribution in [3.05, 3.63) is 29.1 Å². The van der Waals surface area contributed by atoms with Crippen LogP contribution in [0.5, 0.6) is 0 Å². The summed E-state index contributed by atoms with van der Waals surface area (Å²) >= 11 is 0. The molecule has 0 saturated heterocycles. The fourth-order valence-electron chi connectivity index (χ4n) is 1.30. The van der Waals surface area contributed by atoms with E-state index < -0.39 is 17.4 Å². The molecule has 0 fully saturated rings. The molecule has 0 radical (unpaired) electrons. The molecule has 1 rings (SSSR count). The molecule has 0 aliphatic rings. The van der Waals surface area contributed by atoms with Crippen molar-refractivity contribution in [3.8, 4) is 0 Å². The maximum atomic E-state index is 11.9. The van der Waals surface area contributed by atoms with Gasteiger partial charge in [0.15, 0.2) is 0 Å². The van der Waals surface area contributed by atoms with Gasteiger partial charge in [0.2, 0.25) is 0 Å². The van der Waals surface area contributed by atoms with Crippen LogP contribution >= 0.6 is 0 Å². The van der Waals surface area contributed by atoms with Gasteiger partial charge in [0.25, 0.3) is 5.91 Å². The van der Waals surface area contributed by atoms with E-state index >= 15 is 0 Å². The Morgan fingerprint density at radius 1 is 1.29 bits per heavy atom. The number of carboxylic acid groups (broad SMARTS) is 1. The number of amides is 1. The van der Waals surface area contributed by atoms with Crippen LogP contribution in [0.1, 0.15) is 47.3 Å². The van der Waals surface area contributed by atoms with Crippen molar-refractivity contribution in [1.82, 2.24) is 10.3 Å². The quantitative estimate of drug-likeness (QED) is 0.817. The minimum Gasteiger partial charge on any atom is -0.478 e. The van der Waals surface area contributed by atoms with Crippen molar-refractivity contribution in [2.75, 3.05) is 0 Å². The van der Waals surface area contributed by atoms with E-state index in [0.29, 0.717) is 5.69 Å². The predicted octanol–water partition coefficient (Wildman–Crippen LogP) is 1.62. The third-order valence-electron chi connectivity index (χ3n) is 1.97. The molecule has 1 heterocycles. The third kappa shape index (κ3) is 3.55. The molecule has 1 aromatic heterocycles. The monoisotopic (exact) mass is 236 g/mol. The average Bonchev–Trinajstić information content (AvgIpc) is 2.14. The minimum absolute atomic E-state index is 0.0487. The van der Waals surface area contributed by atoms with Crippen LogP contribution in [0.2, 0.25) is 0 Å². The number of hydrogen-bond donors (Lipinski definition) is 2. The Hall–Kier alpha value is -1.91. The summed E-state index contributed by atoms with van der Waals surface area (Å²) in [6.07, 6.45) is 0. The Morgan fingerprint density at radius 2 is 1.88 bits per heavy atom. The summed E-state index contributed by atoms with van der Waals surface area (Å²) in [7, 11) is 0. The lowest BCUT2D eigenvalue weighted by atomic mass is 10.1. The minimum atomic E-state index is -1.16. The first-order valence-electron chi connectivity index (χ1n) is 5.24. The second-order valence-electron chi connectivity index (χ2n) is 4.86. The van der Waals surface area contributed by atoms with E-state index in [1.807, 2.05) is 20.8 Å². The fourth-order valence-corrected chi connectivity index (χ4v) is 1.30. The SMILES string of the molecule is Cc1ccc(C(=O)O)c(C(=O)NC(C)(C)C)n1. The van der Waals surface area contributed by atoms with Crippen LogP contribution in [0.15, 0.2) is 12.1 Å². The van der Waals surface area contributed by atoms with E-state index in [9.17, 15) is 9.59 Å². The van der Waals surface area contributed by atoms with Gasteiger partial charge in [-0.15, -0.1) is 0 Å². The summed E-state index contributed by atoms with van der Waals surface area (Å²) in [4.78, 5) is 26.9. The first kappa shape index (κ1) is 13.2. The standard InChI is InChI=1S/C12H16N2O3/c1-7-5-6-8(11(16)17)9(13-7)10(15)14-12(2,3)4/h5-6H,1-4H3,(H,14,15)(H,16,17). The maximum Gasteiger partial charge on any atom is 0.338 e. The van der Waals surface area contributed by atoms with E-state index in [2.05, 4.69) is 10.3 Å². The van der Waals surface area contributed by atoms with E-state index in [1.54, 1.807) is 13.0 Å². The number of rotatable bonds is 2. The van der Waals surface area contributed by atoms with Crippen LogP contribution in [0.3, 0.4) is 0 Å². The molecule has 17 heavy (non-hydrogen) atoms. The number of carbonyl (C=O) groups is 2. The van der Waals surface area contributed by atoms with Crippen molar-refractivity contribution in [2.45, 2.75) is 33.2 Å². The highest BCUT2D eigenvalue weighted by Crippen LogP contribution is 2.10.